The molecular formula is C16H23N5O2. The van der Waals surface area contributed by atoms with E-state index in [1.807, 2.05) is 29.7 Å². The zero-order valence-electron chi connectivity index (χ0n) is 13.7. The van der Waals surface area contributed by atoms with Crippen LogP contribution in [0.5, 0.6) is 0 Å². The van der Waals surface area contributed by atoms with Crippen molar-refractivity contribution in [3.8, 4) is 0 Å². The van der Waals surface area contributed by atoms with Crippen LogP contribution in [-0.4, -0.2) is 49.8 Å². The third-order valence-electron chi connectivity index (χ3n) is 4.12. The summed E-state index contributed by atoms with van der Waals surface area (Å²) in [5.74, 6) is 1.41. The van der Waals surface area contributed by atoms with E-state index in [-0.39, 0.29) is 11.9 Å². The molecule has 0 bridgehead atoms. The van der Waals surface area contributed by atoms with Crippen molar-refractivity contribution in [2.75, 3.05) is 18.4 Å². The van der Waals surface area contributed by atoms with Crippen LogP contribution in [-0.2, 0) is 0 Å². The number of likely N-dealkylation sites (tertiary alicyclic amines) is 1. The quantitative estimate of drug-likeness (QED) is 0.888. The lowest BCUT2D eigenvalue weighted by Gasteiger charge is -2.34. The van der Waals surface area contributed by atoms with Crippen molar-refractivity contribution in [3.05, 3.63) is 24.2 Å². The highest BCUT2D eigenvalue weighted by atomic mass is 16.3. The molecule has 1 saturated heterocycles. The van der Waals surface area contributed by atoms with Gasteiger partial charge in [-0.1, -0.05) is 20.8 Å². The van der Waals surface area contributed by atoms with Crippen molar-refractivity contribution in [2.24, 2.45) is 5.92 Å². The highest BCUT2D eigenvalue weighted by Crippen LogP contribution is 2.19. The number of amides is 2. The summed E-state index contributed by atoms with van der Waals surface area (Å²) in [6.45, 7) is 7.19. The van der Waals surface area contributed by atoms with Crippen LogP contribution in [0.4, 0.5) is 10.5 Å². The Hall–Kier alpha value is -2.15. The summed E-state index contributed by atoms with van der Waals surface area (Å²) in [5.41, 5.74) is 1.45. The normalized spacial score (nSPS) is 21.9. The number of urea groups is 1. The number of pyridine rings is 1. The van der Waals surface area contributed by atoms with Crippen LogP contribution in [0.3, 0.4) is 0 Å². The van der Waals surface area contributed by atoms with Gasteiger partial charge in [-0.15, -0.1) is 10.2 Å². The van der Waals surface area contributed by atoms with Gasteiger partial charge in [-0.25, -0.2) is 4.79 Å². The lowest BCUT2D eigenvalue weighted by Crippen LogP contribution is -2.47. The smallest absolute Gasteiger partial charge is 0.321 e. The van der Waals surface area contributed by atoms with Gasteiger partial charge in [0.05, 0.1) is 11.8 Å². The second-order valence-corrected chi connectivity index (χ2v) is 6.69. The summed E-state index contributed by atoms with van der Waals surface area (Å²) in [5, 5.41) is 21.0. The first-order valence-electron chi connectivity index (χ1n) is 8.02. The molecule has 0 aliphatic carbocycles. The number of nitrogens with one attached hydrogen (secondary N) is 1. The lowest BCUT2D eigenvalue weighted by atomic mass is 9.98. The van der Waals surface area contributed by atoms with Crippen molar-refractivity contribution in [3.63, 3.8) is 0 Å². The molecule has 0 spiro atoms. The van der Waals surface area contributed by atoms with E-state index in [1.54, 1.807) is 4.90 Å². The molecule has 2 aromatic rings. The van der Waals surface area contributed by atoms with Gasteiger partial charge in [-0.2, -0.15) is 0 Å². The van der Waals surface area contributed by atoms with Crippen molar-refractivity contribution < 1.29 is 9.90 Å². The molecule has 0 aromatic carbocycles. The molecular weight excluding hydrogens is 294 g/mol. The maximum atomic E-state index is 12.4. The van der Waals surface area contributed by atoms with E-state index in [1.165, 1.54) is 0 Å². The second-order valence-electron chi connectivity index (χ2n) is 6.69. The SMILES string of the molecule is CC(C)c1nnc2ccc(NC(=O)N3C[C@@H](C)C[C@@H](O)C3)cn12. The molecule has 23 heavy (non-hydrogen) atoms. The molecule has 7 nitrogen and oxygen atoms in total. The number of rotatable bonds is 2. The van der Waals surface area contributed by atoms with Gasteiger partial charge in [0.25, 0.3) is 0 Å². The van der Waals surface area contributed by atoms with Crippen LogP contribution in [0, 0.1) is 5.92 Å². The standard InChI is InChI=1S/C16H23N5O2/c1-10(2)15-19-18-14-5-4-12(8-21(14)15)17-16(23)20-7-11(3)6-13(22)9-20/h4-5,8,10-11,13,22H,6-7,9H2,1-3H3,(H,17,23)/t11-,13+/m0/s1. The predicted octanol–water partition coefficient (Wildman–Crippen LogP) is 2.09. The van der Waals surface area contributed by atoms with Crippen LogP contribution in [0.25, 0.3) is 5.65 Å². The highest BCUT2D eigenvalue weighted by molar-refractivity contribution is 5.89. The van der Waals surface area contributed by atoms with Gasteiger partial charge in [0.1, 0.15) is 5.82 Å². The molecule has 3 rings (SSSR count). The molecule has 2 N–H and O–H groups in total. The van der Waals surface area contributed by atoms with Crippen LogP contribution < -0.4 is 5.32 Å². The van der Waals surface area contributed by atoms with Crippen LogP contribution >= 0.6 is 0 Å². The van der Waals surface area contributed by atoms with E-state index < -0.39 is 6.10 Å². The van der Waals surface area contributed by atoms with Crippen LogP contribution in [0.1, 0.15) is 38.9 Å². The fraction of sp³-hybridized carbons (Fsp3) is 0.562. The molecule has 0 saturated carbocycles. The first kappa shape index (κ1) is 15.7. The molecule has 7 heteroatoms. The van der Waals surface area contributed by atoms with Crippen molar-refractivity contribution in [1.82, 2.24) is 19.5 Å². The number of piperidine rings is 1. The van der Waals surface area contributed by atoms with Gasteiger partial charge >= 0.3 is 6.03 Å². The first-order chi connectivity index (χ1) is 10.9. The average molecular weight is 317 g/mol. The van der Waals surface area contributed by atoms with E-state index in [9.17, 15) is 9.90 Å². The maximum absolute atomic E-state index is 12.4. The third-order valence-corrected chi connectivity index (χ3v) is 4.12. The molecule has 124 valence electrons. The van der Waals surface area contributed by atoms with Gasteiger partial charge in [0, 0.05) is 25.2 Å². The number of aliphatic hydroxyl groups is 1. The number of carbonyl (C=O) groups excluding carboxylic acids is 1. The van der Waals surface area contributed by atoms with Crippen LogP contribution in [0.15, 0.2) is 18.3 Å². The Labute approximate surface area is 135 Å². The maximum Gasteiger partial charge on any atom is 0.321 e. The van der Waals surface area contributed by atoms with E-state index in [0.29, 0.717) is 24.7 Å². The van der Waals surface area contributed by atoms with Gasteiger partial charge in [-0.3, -0.25) is 4.40 Å². The second kappa shape index (κ2) is 6.16. The fourth-order valence-electron chi connectivity index (χ4n) is 3.06. The number of fused-ring (bicyclic) bond motifs is 1. The Morgan fingerprint density at radius 1 is 1.35 bits per heavy atom. The summed E-state index contributed by atoms with van der Waals surface area (Å²) in [6, 6.07) is 3.46. The number of β-amino-alcohol motifs (C(OH)–C–C–N with tert-alkyl or cyclic N) is 1. The van der Waals surface area contributed by atoms with Gasteiger partial charge in [0.15, 0.2) is 5.65 Å². The summed E-state index contributed by atoms with van der Waals surface area (Å²) in [7, 11) is 0. The molecule has 0 unspecified atom stereocenters. The number of nitrogens with zero attached hydrogens (tertiary/aromatic N) is 4. The largest absolute Gasteiger partial charge is 0.391 e. The number of anilines is 1. The molecule has 2 aromatic heterocycles. The molecule has 2 amide bonds. The topological polar surface area (TPSA) is 82.8 Å². The van der Waals surface area contributed by atoms with Gasteiger partial charge < -0.3 is 15.3 Å². The Kier molecular flexibility index (Phi) is 4.21. The fourth-order valence-corrected chi connectivity index (χ4v) is 3.06. The molecule has 1 aliphatic heterocycles. The van der Waals surface area contributed by atoms with Crippen LogP contribution in [0.2, 0.25) is 0 Å². The van der Waals surface area contributed by atoms with Gasteiger partial charge in [0.2, 0.25) is 0 Å². The summed E-state index contributed by atoms with van der Waals surface area (Å²) in [4.78, 5) is 14.1. The Balaban J connectivity index is 1.78. The molecule has 1 aliphatic rings. The van der Waals surface area contributed by atoms with E-state index in [2.05, 4.69) is 29.4 Å². The minimum absolute atomic E-state index is 0.186. The van der Waals surface area contributed by atoms with E-state index in [4.69, 9.17) is 0 Å². The number of hydrogen-bond donors (Lipinski definition) is 2. The highest BCUT2D eigenvalue weighted by Gasteiger charge is 2.26. The molecule has 3 heterocycles. The number of aromatic nitrogens is 3. The zero-order chi connectivity index (χ0) is 16.6. The summed E-state index contributed by atoms with van der Waals surface area (Å²) in [6.07, 6.45) is 2.14. The van der Waals surface area contributed by atoms with Crippen molar-refractivity contribution in [1.29, 1.82) is 0 Å². The first-order valence-corrected chi connectivity index (χ1v) is 8.02. The third kappa shape index (κ3) is 3.29. The summed E-state index contributed by atoms with van der Waals surface area (Å²) >= 11 is 0. The average Bonchev–Trinajstić information content (AvgIpc) is 2.89. The lowest BCUT2D eigenvalue weighted by molar-refractivity contribution is 0.0640. The predicted molar refractivity (Wildman–Crippen MR) is 87.5 cm³/mol. The number of carbonyl (C=O) groups is 1. The van der Waals surface area contributed by atoms with Gasteiger partial charge in [-0.05, 0) is 24.5 Å². The summed E-state index contributed by atoms with van der Waals surface area (Å²) < 4.78 is 1.90. The van der Waals surface area contributed by atoms with E-state index in [0.717, 1.165) is 17.9 Å². The number of hydrogen-bond acceptors (Lipinski definition) is 4. The Morgan fingerprint density at radius 2 is 2.13 bits per heavy atom. The minimum Gasteiger partial charge on any atom is -0.391 e. The van der Waals surface area contributed by atoms with E-state index >= 15 is 0 Å². The Bertz CT molecular complexity index is 702. The zero-order valence-corrected chi connectivity index (χ0v) is 13.7. The van der Waals surface area contributed by atoms with Crippen molar-refractivity contribution in [2.45, 2.75) is 39.2 Å². The number of aliphatic hydroxyl groups excluding tert-OH is 1. The van der Waals surface area contributed by atoms with Crippen molar-refractivity contribution >= 4 is 17.4 Å². The Morgan fingerprint density at radius 3 is 2.83 bits per heavy atom. The monoisotopic (exact) mass is 317 g/mol. The minimum atomic E-state index is -0.447. The molecule has 2 atom stereocenters. The molecule has 0 radical (unpaired) electrons. The molecule has 1 fully saturated rings.